The van der Waals surface area contributed by atoms with E-state index in [-0.39, 0.29) is 23.5 Å². The molecule has 1 fully saturated rings. The fraction of sp³-hybridized carbons (Fsp3) is 0.625. The number of nitrogens with zero attached hydrogens (tertiary/aromatic N) is 1. The van der Waals surface area contributed by atoms with E-state index in [1.54, 1.807) is 0 Å². The predicted octanol–water partition coefficient (Wildman–Crippen LogP) is -0.516. The third kappa shape index (κ3) is 2.06. The molecule has 2 N–H and O–H groups in total. The second-order valence-corrected chi connectivity index (χ2v) is 4.38. The fourth-order valence-electron chi connectivity index (χ4n) is 1.35. The number of aliphatic imine (C=N–C) groups is 1. The number of imide groups is 1. The highest BCUT2D eigenvalue weighted by molar-refractivity contribution is 8.15. The number of amidine groups is 1. The van der Waals surface area contributed by atoms with Gasteiger partial charge in [0.25, 0.3) is 0 Å². The van der Waals surface area contributed by atoms with Crippen LogP contribution in [0.1, 0.15) is 12.8 Å². The Balaban J connectivity index is 1.93. The van der Waals surface area contributed by atoms with E-state index in [1.807, 2.05) is 0 Å². The molecule has 1 atom stereocenters. The molecule has 1 saturated heterocycles. The lowest BCUT2D eigenvalue weighted by molar-refractivity contribution is -0.124. The lowest BCUT2D eigenvalue weighted by Gasteiger charge is -2.15. The van der Waals surface area contributed by atoms with Crippen molar-refractivity contribution >= 4 is 28.7 Å². The van der Waals surface area contributed by atoms with Crippen LogP contribution in [-0.2, 0) is 9.59 Å². The van der Waals surface area contributed by atoms with E-state index in [9.17, 15) is 9.59 Å². The van der Waals surface area contributed by atoms with Crippen LogP contribution in [-0.4, -0.2) is 35.3 Å². The summed E-state index contributed by atoms with van der Waals surface area (Å²) in [6, 6.07) is 0. The number of hydrogen-bond donors (Lipinski definition) is 2. The molecule has 2 rings (SSSR count). The van der Waals surface area contributed by atoms with Crippen molar-refractivity contribution < 1.29 is 9.59 Å². The van der Waals surface area contributed by atoms with Crippen LogP contribution in [0.15, 0.2) is 4.99 Å². The van der Waals surface area contributed by atoms with Gasteiger partial charge in [-0.05, 0) is 6.42 Å². The van der Waals surface area contributed by atoms with Gasteiger partial charge in [-0.25, -0.2) is 0 Å². The molecule has 0 radical (unpaired) electrons. The summed E-state index contributed by atoms with van der Waals surface area (Å²) < 4.78 is 0. The maximum atomic E-state index is 11.2. The number of carbonyl (C=O) groups is 2. The topological polar surface area (TPSA) is 70.6 Å². The molecule has 0 aromatic carbocycles. The first kappa shape index (κ1) is 9.51. The van der Waals surface area contributed by atoms with Crippen molar-refractivity contribution in [2.75, 3.05) is 13.1 Å². The predicted molar refractivity (Wildman–Crippen MR) is 54.1 cm³/mol. The molecule has 2 amide bonds. The number of hydrogen-bond acceptors (Lipinski definition) is 5. The molecule has 2 aliphatic heterocycles. The van der Waals surface area contributed by atoms with E-state index in [0.29, 0.717) is 0 Å². The monoisotopic (exact) mass is 213 g/mol. The summed E-state index contributed by atoms with van der Waals surface area (Å²) in [6.45, 7) is 1.70. The van der Waals surface area contributed by atoms with Crippen molar-refractivity contribution in [1.82, 2.24) is 10.6 Å². The normalized spacial score (nSPS) is 26.9. The number of thioether (sulfide) groups is 1. The minimum absolute atomic E-state index is 0.191. The molecule has 6 heteroatoms. The molecule has 2 heterocycles. The Bertz CT molecular complexity index is 303. The van der Waals surface area contributed by atoms with Crippen molar-refractivity contribution in [2.45, 2.75) is 18.1 Å². The maximum absolute atomic E-state index is 11.2. The maximum Gasteiger partial charge on any atom is 0.240 e. The standard InChI is InChI=1S/C8H11N3O2S/c12-6-4-5(7(13)11-6)14-8-9-2-1-3-10-8/h5H,1-4H2,(H,9,10)(H,11,12,13). The van der Waals surface area contributed by atoms with Gasteiger partial charge in [-0.3, -0.25) is 19.9 Å². The number of carbonyl (C=O) groups excluding carboxylic acids is 2. The summed E-state index contributed by atoms with van der Waals surface area (Å²) in [7, 11) is 0. The Morgan fingerprint density at radius 3 is 2.86 bits per heavy atom. The highest BCUT2D eigenvalue weighted by atomic mass is 32.2. The molecule has 2 aliphatic rings. The largest absolute Gasteiger partial charge is 0.365 e. The van der Waals surface area contributed by atoms with E-state index in [0.717, 1.165) is 24.7 Å². The van der Waals surface area contributed by atoms with Crippen LogP contribution in [0, 0.1) is 0 Å². The quantitative estimate of drug-likeness (QED) is 0.575. The van der Waals surface area contributed by atoms with Gasteiger partial charge in [0.2, 0.25) is 11.8 Å². The van der Waals surface area contributed by atoms with Crippen molar-refractivity contribution in [2.24, 2.45) is 4.99 Å². The summed E-state index contributed by atoms with van der Waals surface area (Å²) >= 11 is 1.35. The Hall–Kier alpha value is -1.04. The van der Waals surface area contributed by atoms with Gasteiger partial charge in [-0.15, -0.1) is 0 Å². The first-order valence-electron chi connectivity index (χ1n) is 4.54. The average Bonchev–Trinajstić information content (AvgIpc) is 2.47. The molecule has 1 unspecified atom stereocenters. The smallest absolute Gasteiger partial charge is 0.240 e. The third-order valence-corrected chi connectivity index (χ3v) is 3.21. The lowest BCUT2D eigenvalue weighted by Crippen LogP contribution is -2.30. The van der Waals surface area contributed by atoms with E-state index in [2.05, 4.69) is 15.6 Å². The second kappa shape index (κ2) is 4.00. The van der Waals surface area contributed by atoms with Gasteiger partial charge in [0.1, 0.15) is 5.25 Å². The molecule has 0 aliphatic carbocycles. The first-order valence-corrected chi connectivity index (χ1v) is 5.42. The second-order valence-electron chi connectivity index (χ2n) is 3.19. The zero-order valence-electron chi connectivity index (χ0n) is 7.58. The van der Waals surface area contributed by atoms with Crippen LogP contribution in [0.5, 0.6) is 0 Å². The zero-order valence-corrected chi connectivity index (χ0v) is 8.39. The molecule has 0 aromatic heterocycles. The van der Waals surface area contributed by atoms with Crippen LogP contribution in [0.3, 0.4) is 0 Å². The Kier molecular flexibility index (Phi) is 2.72. The Labute approximate surface area is 85.7 Å². The molecule has 76 valence electrons. The van der Waals surface area contributed by atoms with Crippen molar-refractivity contribution in [1.29, 1.82) is 0 Å². The van der Waals surface area contributed by atoms with Gasteiger partial charge in [-0.1, -0.05) is 11.8 Å². The minimum atomic E-state index is -0.299. The van der Waals surface area contributed by atoms with E-state index in [1.165, 1.54) is 11.8 Å². The fourth-order valence-corrected chi connectivity index (χ4v) is 2.37. The van der Waals surface area contributed by atoms with Crippen molar-refractivity contribution in [3.63, 3.8) is 0 Å². The van der Waals surface area contributed by atoms with Gasteiger partial charge in [-0.2, -0.15) is 0 Å². The first-order chi connectivity index (χ1) is 6.75. The van der Waals surface area contributed by atoms with Gasteiger partial charge in [0, 0.05) is 19.5 Å². The average molecular weight is 213 g/mol. The molecular weight excluding hydrogens is 202 g/mol. The van der Waals surface area contributed by atoms with Crippen molar-refractivity contribution in [3.8, 4) is 0 Å². The van der Waals surface area contributed by atoms with Crippen LogP contribution >= 0.6 is 11.8 Å². The van der Waals surface area contributed by atoms with Crippen LogP contribution < -0.4 is 10.6 Å². The number of amides is 2. The molecular formula is C8H11N3O2S. The lowest BCUT2D eigenvalue weighted by atomic mass is 10.4. The van der Waals surface area contributed by atoms with Crippen LogP contribution in [0.25, 0.3) is 0 Å². The highest BCUT2D eigenvalue weighted by Gasteiger charge is 2.32. The van der Waals surface area contributed by atoms with E-state index < -0.39 is 0 Å². The van der Waals surface area contributed by atoms with Gasteiger partial charge < -0.3 is 5.32 Å². The zero-order chi connectivity index (χ0) is 9.97. The summed E-state index contributed by atoms with van der Waals surface area (Å²) in [5.74, 6) is -0.390. The van der Waals surface area contributed by atoms with Gasteiger partial charge in [0.15, 0.2) is 5.17 Å². The van der Waals surface area contributed by atoms with Gasteiger partial charge >= 0.3 is 0 Å². The van der Waals surface area contributed by atoms with Gasteiger partial charge in [0.05, 0.1) is 0 Å². The molecule has 0 saturated carbocycles. The summed E-state index contributed by atoms with van der Waals surface area (Å²) in [5, 5.41) is 5.86. The van der Waals surface area contributed by atoms with Crippen molar-refractivity contribution in [3.05, 3.63) is 0 Å². The highest BCUT2D eigenvalue weighted by Crippen LogP contribution is 2.20. The number of rotatable bonds is 1. The third-order valence-electron chi connectivity index (χ3n) is 2.05. The molecule has 14 heavy (non-hydrogen) atoms. The summed E-state index contributed by atoms with van der Waals surface area (Å²) in [4.78, 5) is 26.4. The molecule has 5 nitrogen and oxygen atoms in total. The van der Waals surface area contributed by atoms with Crippen LogP contribution in [0.2, 0.25) is 0 Å². The Morgan fingerprint density at radius 2 is 2.29 bits per heavy atom. The minimum Gasteiger partial charge on any atom is -0.365 e. The summed E-state index contributed by atoms with van der Waals surface area (Å²) in [6.07, 6.45) is 1.30. The SMILES string of the molecule is O=C1CC(SC2=NCCCN2)C(=O)N1. The molecule has 0 bridgehead atoms. The van der Waals surface area contributed by atoms with E-state index in [4.69, 9.17) is 0 Å². The molecule has 0 spiro atoms. The Morgan fingerprint density at radius 1 is 1.43 bits per heavy atom. The summed E-state index contributed by atoms with van der Waals surface area (Å²) in [5.41, 5.74) is 0. The van der Waals surface area contributed by atoms with E-state index >= 15 is 0 Å². The molecule has 0 aromatic rings. The van der Waals surface area contributed by atoms with Crippen LogP contribution in [0.4, 0.5) is 0 Å². The number of nitrogens with one attached hydrogen (secondary N) is 2.